The van der Waals surface area contributed by atoms with Crippen molar-refractivity contribution in [1.29, 1.82) is 0 Å². The van der Waals surface area contributed by atoms with E-state index in [4.69, 9.17) is 4.74 Å². The van der Waals surface area contributed by atoms with Crippen molar-refractivity contribution in [3.05, 3.63) is 112 Å². The summed E-state index contributed by atoms with van der Waals surface area (Å²) in [6, 6.07) is 20.1. The van der Waals surface area contributed by atoms with E-state index in [1.807, 2.05) is 19.1 Å². The summed E-state index contributed by atoms with van der Waals surface area (Å²) in [7, 11) is 1.33. The Balaban J connectivity index is 1.38. The number of carbonyl (C=O) groups is 4. The highest BCUT2D eigenvalue weighted by Crippen LogP contribution is 2.29. The van der Waals surface area contributed by atoms with Gasteiger partial charge in [0.15, 0.2) is 0 Å². The molecular formula is C29H24N4O5. The Morgan fingerprint density at radius 1 is 0.895 bits per heavy atom. The molecule has 9 nitrogen and oxygen atoms in total. The number of carbonyl (C=O) groups excluding carboxylic acids is 4. The summed E-state index contributed by atoms with van der Waals surface area (Å²) < 4.78 is 6.59. The maximum Gasteiger partial charge on any atom is 0.338 e. The molecule has 9 heteroatoms. The van der Waals surface area contributed by atoms with Crippen LogP contribution in [0.3, 0.4) is 0 Å². The minimum absolute atomic E-state index is 0.279. The number of nitrogens with one attached hydrogen (secondary N) is 1. The third kappa shape index (κ3) is 4.24. The van der Waals surface area contributed by atoms with Crippen LogP contribution < -0.4 is 10.2 Å². The van der Waals surface area contributed by atoms with Gasteiger partial charge in [-0.05, 0) is 55.8 Å². The third-order valence-electron chi connectivity index (χ3n) is 6.52. The SMILES string of the molecule is COC(=O)c1ccccc1Cn1nc(C)c(NC(=O)c2cccc(N3C(=O)c4ccccc4C3=O)c2)c1C. The summed E-state index contributed by atoms with van der Waals surface area (Å²) in [5.41, 5.74) is 4.27. The normalized spacial score (nSPS) is 12.4. The zero-order chi connectivity index (χ0) is 27.0. The fraction of sp³-hybridized carbons (Fsp3) is 0.138. The van der Waals surface area contributed by atoms with Gasteiger partial charge in [-0.25, -0.2) is 9.69 Å². The smallest absolute Gasteiger partial charge is 0.338 e. The fourth-order valence-electron chi connectivity index (χ4n) is 4.56. The van der Waals surface area contributed by atoms with E-state index in [9.17, 15) is 19.2 Å². The van der Waals surface area contributed by atoms with Gasteiger partial charge in [0.25, 0.3) is 17.7 Å². The second-order valence-electron chi connectivity index (χ2n) is 8.85. The lowest BCUT2D eigenvalue weighted by atomic mass is 10.1. The van der Waals surface area contributed by atoms with E-state index in [1.54, 1.807) is 66.2 Å². The van der Waals surface area contributed by atoms with E-state index in [1.165, 1.54) is 13.2 Å². The molecule has 1 aromatic heterocycles. The van der Waals surface area contributed by atoms with E-state index < -0.39 is 23.7 Å². The number of aryl methyl sites for hydroxylation is 1. The number of ether oxygens (including phenoxy) is 1. The molecule has 0 atom stereocenters. The summed E-state index contributed by atoms with van der Waals surface area (Å²) in [6.07, 6.45) is 0. The highest BCUT2D eigenvalue weighted by atomic mass is 16.5. The van der Waals surface area contributed by atoms with Gasteiger partial charge in [0.2, 0.25) is 0 Å². The zero-order valence-corrected chi connectivity index (χ0v) is 21.0. The van der Waals surface area contributed by atoms with Crippen molar-refractivity contribution in [3.8, 4) is 0 Å². The average molecular weight is 509 g/mol. The molecule has 0 spiro atoms. The molecule has 0 saturated heterocycles. The summed E-state index contributed by atoms with van der Waals surface area (Å²) in [5, 5.41) is 7.46. The Bertz CT molecular complexity index is 1590. The predicted octanol–water partition coefficient (Wildman–Crippen LogP) is 4.39. The monoisotopic (exact) mass is 508 g/mol. The Labute approximate surface area is 218 Å². The average Bonchev–Trinajstić information content (AvgIpc) is 3.35. The summed E-state index contributed by atoms with van der Waals surface area (Å²) in [4.78, 5) is 52.2. The van der Waals surface area contributed by atoms with Crippen LogP contribution in [0.1, 0.15) is 58.4 Å². The number of fused-ring (bicyclic) bond motifs is 1. The van der Waals surface area contributed by atoms with Gasteiger partial charge in [0.05, 0.1) is 53.1 Å². The van der Waals surface area contributed by atoms with Gasteiger partial charge in [-0.15, -0.1) is 0 Å². The quantitative estimate of drug-likeness (QED) is 0.306. The van der Waals surface area contributed by atoms with Crippen LogP contribution in [-0.4, -0.2) is 40.6 Å². The molecule has 0 saturated carbocycles. The van der Waals surface area contributed by atoms with Crippen molar-refractivity contribution < 1.29 is 23.9 Å². The molecule has 3 aromatic carbocycles. The Hall–Kier alpha value is -5.05. The van der Waals surface area contributed by atoms with Gasteiger partial charge in [0.1, 0.15) is 0 Å². The molecule has 1 N–H and O–H groups in total. The summed E-state index contributed by atoms with van der Waals surface area (Å²) in [6.45, 7) is 3.91. The first-order valence-corrected chi connectivity index (χ1v) is 11.9. The topological polar surface area (TPSA) is 111 Å². The van der Waals surface area contributed by atoms with Crippen LogP contribution in [0.25, 0.3) is 0 Å². The second kappa shape index (κ2) is 9.78. The van der Waals surface area contributed by atoms with Crippen LogP contribution >= 0.6 is 0 Å². The Morgan fingerprint density at radius 3 is 2.24 bits per heavy atom. The molecule has 5 rings (SSSR count). The van der Waals surface area contributed by atoms with E-state index in [2.05, 4.69) is 10.4 Å². The van der Waals surface area contributed by atoms with E-state index in [0.29, 0.717) is 46.0 Å². The largest absolute Gasteiger partial charge is 0.465 e. The van der Waals surface area contributed by atoms with Crippen molar-refractivity contribution in [2.24, 2.45) is 0 Å². The maximum absolute atomic E-state index is 13.2. The molecule has 38 heavy (non-hydrogen) atoms. The van der Waals surface area contributed by atoms with Gasteiger partial charge in [-0.1, -0.05) is 36.4 Å². The number of hydrogen-bond acceptors (Lipinski definition) is 6. The van der Waals surface area contributed by atoms with Crippen LogP contribution in [0.2, 0.25) is 0 Å². The lowest BCUT2D eigenvalue weighted by Gasteiger charge is -2.15. The first-order valence-electron chi connectivity index (χ1n) is 11.9. The van der Waals surface area contributed by atoms with Gasteiger partial charge < -0.3 is 10.1 Å². The number of benzene rings is 3. The van der Waals surface area contributed by atoms with E-state index >= 15 is 0 Å². The molecule has 3 amide bonds. The Kier molecular flexibility index (Phi) is 6.34. The maximum atomic E-state index is 13.2. The molecule has 190 valence electrons. The van der Waals surface area contributed by atoms with Gasteiger partial charge in [-0.2, -0.15) is 5.10 Å². The van der Waals surface area contributed by atoms with Crippen molar-refractivity contribution in [2.45, 2.75) is 20.4 Å². The first kappa shape index (κ1) is 24.6. The summed E-state index contributed by atoms with van der Waals surface area (Å²) in [5.74, 6) is -1.70. The number of aromatic nitrogens is 2. The van der Waals surface area contributed by atoms with Crippen molar-refractivity contribution >= 4 is 35.1 Å². The minimum atomic E-state index is -0.436. The van der Waals surface area contributed by atoms with E-state index in [-0.39, 0.29) is 5.56 Å². The highest BCUT2D eigenvalue weighted by molar-refractivity contribution is 6.34. The molecule has 0 unspecified atom stereocenters. The van der Waals surface area contributed by atoms with Crippen LogP contribution in [0, 0.1) is 13.8 Å². The van der Waals surface area contributed by atoms with Crippen LogP contribution in [0.5, 0.6) is 0 Å². The number of rotatable bonds is 6. The molecule has 0 radical (unpaired) electrons. The fourth-order valence-corrected chi connectivity index (χ4v) is 4.56. The highest BCUT2D eigenvalue weighted by Gasteiger charge is 2.36. The lowest BCUT2D eigenvalue weighted by Crippen LogP contribution is -2.29. The first-order chi connectivity index (χ1) is 18.3. The van der Waals surface area contributed by atoms with Crippen molar-refractivity contribution in [3.63, 3.8) is 0 Å². The van der Waals surface area contributed by atoms with Crippen molar-refractivity contribution in [2.75, 3.05) is 17.3 Å². The van der Waals surface area contributed by atoms with Crippen LogP contribution in [0.15, 0.2) is 72.8 Å². The standard InChI is InChI=1S/C29H24N4O5/c1-17-25(18(2)32(31-17)16-20-9-4-5-12-22(20)29(37)38-3)30-26(34)19-10-8-11-21(15-19)33-27(35)23-13-6-7-14-24(23)28(33)36/h4-15H,16H2,1-3H3,(H,30,34). The lowest BCUT2D eigenvalue weighted by molar-refractivity contribution is 0.0598. The van der Waals surface area contributed by atoms with Gasteiger partial charge in [0, 0.05) is 5.56 Å². The number of amides is 3. The molecule has 0 fully saturated rings. The summed E-state index contributed by atoms with van der Waals surface area (Å²) >= 11 is 0. The molecule has 1 aliphatic heterocycles. The number of methoxy groups -OCH3 is 1. The van der Waals surface area contributed by atoms with Gasteiger partial charge in [-0.3, -0.25) is 19.1 Å². The van der Waals surface area contributed by atoms with Gasteiger partial charge >= 0.3 is 5.97 Å². The number of nitrogens with zero attached hydrogens (tertiary/aromatic N) is 3. The minimum Gasteiger partial charge on any atom is -0.465 e. The molecule has 2 heterocycles. The van der Waals surface area contributed by atoms with Crippen LogP contribution in [0.4, 0.5) is 11.4 Å². The molecule has 0 aliphatic carbocycles. The predicted molar refractivity (Wildman–Crippen MR) is 141 cm³/mol. The number of imide groups is 1. The van der Waals surface area contributed by atoms with Crippen molar-refractivity contribution in [1.82, 2.24) is 9.78 Å². The molecule has 4 aromatic rings. The molecular weight excluding hydrogens is 484 g/mol. The second-order valence-corrected chi connectivity index (χ2v) is 8.85. The molecule has 1 aliphatic rings. The van der Waals surface area contributed by atoms with E-state index in [0.717, 1.165) is 10.5 Å². The number of hydrogen-bond donors (Lipinski definition) is 1. The third-order valence-corrected chi connectivity index (χ3v) is 6.52. The number of esters is 1. The Morgan fingerprint density at radius 2 is 1.55 bits per heavy atom. The molecule has 0 bridgehead atoms. The number of anilines is 2. The zero-order valence-electron chi connectivity index (χ0n) is 21.0. The van der Waals surface area contributed by atoms with Crippen LogP contribution in [-0.2, 0) is 11.3 Å².